The summed E-state index contributed by atoms with van der Waals surface area (Å²) in [5.41, 5.74) is 4.00. The number of rotatable bonds is 9. The first kappa shape index (κ1) is 26.8. The third kappa shape index (κ3) is 5.93. The van der Waals surface area contributed by atoms with Gasteiger partial charge in [0.2, 0.25) is 0 Å². The second-order valence-corrected chi connectivity index (χ2v) is 9.91. The molecule has 6 heteroatoms. The number of likely N-dealkylation sites (N-methyl/N-ethyl adjacent to an activating group) is 2. The van der Waals surface area contributed by atoms with Crippen LogP contribution < -0.4 is 17.0 Å². The Morgan fingerprint density at radius 2 is 1.66 bits per heavy atom. The number of carbonyl (C=O) groups excluding carboxylic acids is 1. The Morgan fingerprint density at radius 3 is 2.22 bits per heavy atom. The predicted octanol–water partition coefficient (Wildman–Crippen LogP) is 3.69. The molecule has 0 saturated heterocycles. The van der Waals surface area contributed by atoms with E-state index in [1.165, 1.54) is 28.0 Å². The SMILES string of the molecule is CCN(CC[N+](CC)(CC)Cc1cc(C)cc(C)c1)C(=O)c1sc2ccccc2c1Cl.[Br-]. The van der Waals surface area contributed by atoms with Gasteiger partial charge in [0.05, 0.1) is 31.2 Å². The van der Waals surface area contributed by atoms with Crippen LogP contribution in [0.15, 0.2) is 42.5 Å². The fraction of sp³-hybridized carbons (Fsp3) is 0.423. The molecule has 0 fully saturated rings. The zero-order valence-electron chi connectivity index (χ0n) is 19.8. The van der Waals surface area contributed by atoms with Crippen molar-refractivity contribution in [1.29, 1.82) is 0 Å². The number of thiophene rings is 1. The van der Waals surface area contributed by atoms with Gasteiger partial charge in [-0.05, 0) is 40.7 Å². The Hall–Kier alpha value is -1.40. The lowest BCUT2D eigenvalue weighted by Crippen LogP contribution is -3.00. The average Bonchev–Trinajstić information content (AvgIpc) is 3.09. The van der Waals surface area contributed by atoms with E-state index in [4.69, 9.17) is 11.6 Å². The topological polar surface area (TPSA) is 20.3 Å². The maximum absolute atomic E-state index is 13.4. The van der Waals surface area contributed by atoms with Crippen molar-refractivity contribution in [2.24, 2.45) is 0 Å². The summed E-state index contributed by atoms with van der Waals surface area (Å²) in [6, 6.07) is 14.8. The number of nitrogens with zero attached hydrogens (tertiary/aromatic N) is 2. The van der Waals surface area contributed by atoms with Gasteiger partial charge in [-0.25, -0.2) is 0 Å². The van der Waals surface area contributed by atoms with Gasteiger partial charge in [-0.3, -0.25) is 4.79 Å². The molecule has 0 radical (unpaired) electrons. The van der Waals surface area contributed by atoms with E-state index in [0.29, 0.717) is 16.4 Å². The van der Waals surface area contributed by atoms with E-state index in [9.17, 15) is 4.79 Å². The van der Waals surface area contributed by atoms with Crippen LogP contribution in [0.1, 0.15) is 47.1 Å². The minimum Gasteiger partial charge on any atom is -1.00 e. The zero-order chi connectivity index (χ0) is 22.6. The highest BCUT2D eigenvalue weighted by molar-refractivity contribution is 7.21. The fourth-order valence-electron chi connectivity index (χ4n) is 4.42. The normalized spacial score (nSPS) is 11.4. The van der Waals surface area contributed by atoms with Crippen LogP contribution >= 0.6 is 22.9 Å². The third-order valence-electron chi connectivity index (χ3n) is 6.38. The minimum atomic E-state index is 0. The molecule has 0 atom stereocenters. The molecule has 0 spiro atoms. The van der Waals surface area contributed by atoms with E-state index in [1.54, 1.807) is 0 Å². The number of quaternary nitrogens is 1. The quantitative estimate of drug-likeness (QED) is 0.381. The van der Waals surface area contributed by atoms with Crippen LogP contribution in [-0.4, -0.2) is 48.0 Å². The van der Waals surface area contributed by atoms with Crippen LogP contribution in [-0.2, 0) is 6.54 Å². The summed E-state index contributed by atoms with van der Waals surface area (Å²) in [4.78, 5) is 16.0. The van der Waals surface area contributed by atoms with Crippen molar-refractivity contribution in [3.8, 4) is 0 Å². The Bertz CT molecular complexity index is 1040. The van der Waals surface area contributed by atoms with Crippen LogP contribution in [0.4, 0.5) is 0 Å². The molecule has 0 N–H and O–H groups in total. The van der Waals surface area contributed by atoms with E-state index < -0.39 is 0 Å². The largest absolute Gasteiger partial charge is 1.00 e. The van der Waals surface area contributed by atoms with Crippen LogP contribution in [0.25, 0.3) is 10.1 Å². The smallest absolute Gasteiger partial charge is 0.265 e. The van der Waals surface area contributed by atoms with Crippen molar-refractivity contribution in [3.05, 3.63) is 69.1 Å². The minimum absolute atomic E-state index is 0. The molecule has 0 bridgehead atoms. The monoisotopic (exact) mass is 536 g/mol. The van der Waals surface area contributed by atoms with Gasteiger partial charge >= 0.3 is 0 Å². The first-order chi connectivity index (χ1) is 14.8. The third-order valence-corrected chi connectivity index (χ3v) is 8.05. The number of hydrogen-bond acceptors (Lipinski definition) is 2. The molecule has 0 aliphatic rings. The molecule has 1 aromatic heterocycles. The molecule has 174 valence electrons. The first-order valence-corrected chi connectivity index (χ1v) is 12.4. The highest BCUT2D eigenvalue weighted by Crippen LogP contribution is 2.36. The summed E-state index contributed by atoms with van der Waals surface area (Å²) in [5.74, 6) is 0.0467. The molecular formula is C26H34BrClN2OS. The Morgan fingerprint density at radius 1 is 1.03 bits per heavy atom. The molecule has 0 saturated carbocycles. The van der Waals surface area contributed by atoms with Gasteiger partial charge in [-0.2, -0.15) is 0 Å². The standard InChI is InChI=1S/C26H34ClN2OS.BrH/c1-6-28(26(30)25-24(27)22-11-9-10-12-23(22)31-25)13-14-29(7-2,8-3)18-21-16-19(4)15-20(5)17-21;/h9-12,15-17H,6-8,13-14,18H2,1-5H3;1H/q+1;/p-1. The van der Waals surface area contributed by atoms with Crippen molar-refractivity contribution in [1.82, 2.24) is 4.90 Å². The molecule has 3 aromatic rings. The molecule has 3 rings (SSSR count). The van der Waals surface area contributed by atoms with Crippen molar-refractivity contribution in [2.75, 3.05) is 32.7 Å². The van der Waals surface area contributed by atoms with Gasteiger partial charge < -0.3 is 26.4 Å². The molecular weight excluding hydrogens is 504 g/mol. The Labute approximate surface area is 212 Å². The summed E-state index contributed by atoms with van der Waals surface area (Å²) < 4.78 is 2.03. The number of benzene rings is 2. The fourth-order valence-corrected chi connectivity index (χ4v) is 5.90. The van der Waals surface area contributed by atoms with E-state index in [2.05, 4.69) is 52.8 Å². The van der Waals surface area contributed by atoms with Crippen molar-refractivity contribution in [3.63, 3.8) is 0 Å². The lowest BCUT2D eigenvalue weighted by Gasteiger charge is -2.38. The Balaban J connectivity index is 0.00000363. The maximum Gasteiger partial charge on any atom is 0.265 e. The number of halogens is 2. The van der Waals surface area contributed by atoms with Gasteiger partial charge in [-0.15, -0.1) is 11.3 Å². The number of aryl methyl sites for hydroxylation is 2. The van der Waals surface area contributed by atoms with Crippen LogP contribution in [0.3, 0.4) is 0 Å². The molecule has 1 heterocycles. The number of hydrogen-bond donors (Lipinski definition) is 0. The number of carbonyl (C=O) groups is 1. The van der Waals surface area contributed by atoms with Crippen LogP contribution in [0.5, 0.6) is 0 Å². The lowest BCUT2D eigenvalue weighted by molar-refractivity contribution is -0.937. The Kier molecular flexibility index (Phi) is 9.77. The second kappa shape index (κ2) is 11.6. The summed E-state index contributed by atoms with van der Waals surface area (Å²) in [6.07, 6.45) is 0. The molecule has 0 aliphatic heterocycles. The highest BCUT2D eigenvalue weighted by atomic mass is 79.9. The molecule has 32 heavy (non-hydrogen) atoms. The van der Waals surface area contributed by atoms with E-state index >= 15 is 0 Å². The molecule has 1 amide bonds. The lowest BCUT2D eigenvalue weighted by atomic mass is 10.1. The van der Waals surface area contributed by atoms with Gasteiger partial charge in [0, 0.05) is 22.2 Å². The van der Waals surface area contributed by atoms with E-state index in [1.807, 2.05) is 29.2 Å². The van der Waals surface area contributed by atoms with Crippen molar-refractivity contribution >= 4 is 38.9 Å². The van der Waals surface area contributed by atoms with Gasteiger partial charge in [0.1, 0.15) is 11.4 Å². The van der Waals surface area contributed by atoms with Crippen LogP contribution in [0.2, 0.25) is 5.02 Å². The van der Waals surface area contributed by atoms with Crippen molar-refractivity contribution < 1.29 is 26.3 Å². The molecule has 0 unspecified atom stereocenters. The van der Waals surface area contributed by atoms with Gasteiger partial charge in [0.25, 0.3) is 5.91 Å². The summed E-state index contributed by atoms with van der Waals surface area (Å²) in [5, 5.41) is 1.56. The van der Waals surface area contributed by atoms with Gasteiger partial charge in [0.15, 0.2) is 0 Å². The maximum atomic E-state index is 13.4. The van der Waals surface area contributed by atoms with Crippen molar-refractivity contribution in [2.45, 2.75) is 41.2 Å². The van der Waals surface area contributed by atoms with Gasteiger partial charge in [-0.1, -0.05) is 59.1 Å². The zero-order valence-corrected chi connectivity index (χ0v) is 22.9. The molecule has 0 aliphatic carbocycles. The summed E-state index contributed by atoms with van der Waals surface area (Å²) >= 11 is 8.09. The van der Waals surface area contributed by atoms with Crippen LogP contribution in [0, 0.1) is 13.8 Å². The summed E-state index contributed by atoms with van der Waals surface area (Å²) in [7, 11) is 0. The number of fused-ring (bicyclic) bond motifs is 1. The highest BCUT2D eigenvalue weighted by Gasteiger charge is 2.28. The summed E-state index contributed by atoms with van der Waals surface area (Å²) in [6.45, 7) is 16.3. The average molecular weight is 538 g/mol. The first-order valence-electron chi connectivity index (χ1n) is 11.2. The molecule has 3 nitrogen and oxygen atoms in total. The second-order valence-electron chi connectivity index (χ2n) is 8.48. The van der Waals surface area contributed by atoms with E-state index in [-0.39, 0.29) is 22.9 Å². The molecule has 2 aromatic carbocycles. The number of amides is 1. The predicted molar refractivity (Wildman–Crippen MR) is 134 cm³/mol. The van der Waals surface area contributed by atoms with E-state index in [0.717, 1.165) is 47.3 Å².